The first kappa shape index (κ1) is 17.7. The van der Waals surface area contributed by atoms with Crippen LogP contribution in [0.15, 0.2) is 47.4 Å². The molecule has 3 amide bonds. The van der Waals surface area contributed by atoms with Crippen molar-refractivity contribution in [2.45, 2.75) is 24.2 Å². The highest BCUT2D eigenvalue weighted by molar-refractivity contribution is 7.99. The van der Waals surface area contributed by atoms with Gasteiger partial charge in [-0.3, -0.25) is 19.3 Å². The van der Waals surface area contributed by atoms with Crippen LogP contribution in [-0.4, -0.2) is 41.5 Å². The summed E-state index contributed by atoms with van der Waals surface area (Å²) >= 11 is 1.68. The summed E-state index contributed by atoms with van der Waals surface area (Å²) in [5.41, 5.74) is 0. The maximum atomic E-state index is 12.3. The highest BCUT2D eigenvalue weighted by Gasteiger charge is 2.46. The molecular weight excluding hydrogens is 336 g/mol. The highest BCUT2D eigenvalue weighted by atomic mass is 32.2. The van der Waals surface area contributed by atoms with Crippen molar-refractivity contribution in [3.63, 3.8) is 0 Å². The molecule has 1 saturated heterocycles. The van der Waals surface area contributed by atoms with E-state index in [-0.39, 0.29) is 42.5 Å². The van der Waals surface area contributed by atoms with E-state index in [1.807, 2.05) is 42.5 Å². The van der Waals surface area contributed by atoms with Crippen LogP contribution in [-0.2, 0) is 14.4 Å². The molecule has 1 fully saturated rings. The van der Waals surface area contributed by atoms with E-state index in [0.29, 0.717) is 19.4 Å². The van der Waals surface area contributed by atoms with E-state index in [4.69, 9.17) is 0 Å². The van der Waals surface area contributed by atoms with Gasteiger partial charge in [0.05, 0.1) is 11.8 Å². The molecular formula is C19H22N2O3S. The van der Waals surface area contributed by atoms with Gasteiger partial charge >= 0.3 is 0 Å². The zero-order valence-corrected chi connectivity index (χ0v) is 14.8. The Hall–Kier alpha value is -2.08. The van der Waals surface area contributed by atoms with E-state index in [1.165, 1.54) is 9.80 Å². The van der Waals surface area contributed by atoms with Crippen LogP contribution in [0.1, 0.15) is 19.3 Å². The lowest BCUT2D eigenvalue weighted by atomic mass is 9.85. The van der Waals surface area contributed by atoms with Gasteiger partial charge < -0.3 is 5.32 Å². The Bertz CT molecular complexity index is 649. The zero-order chi connectivity index (χ0) is 17.6. The first-order valence-electron chi connectivity index (χ1n) is 8.61. The lowest BCUT2D eigenvalue weighted by Gasteiger charge is -2.14. The van der Waals surface area contributed by atoms with Gasteiger partial charge in [-0.05, 0) is 25.0 Å². The predicted octanol–water partition coefficient (Wildman–Crippen LogP) is 2.24. The van der Waals surface area contributed by atoms with Crippen LogP contribution in [0.25, 0.3) is 0 Å². The zero-order valence-electron chi connectivity index (χ0n) is 14.0. The van der Waals surface area contributed by atoms with E-state index in [2.05, 4.69) is 5.32 Å². The molecule has 0 radical (unpaired) electrons. The molecule has 25 heavy (non-hydrogen) atoms. The minimum Gasteiger partial charge on any atom is -0.355 e. The lowest BCUT2D eigenvalue weighted by Crippen LogP contribution is -2.36. The molecule has 0 bridgehead atoms. The fourth-order valence-corrected chi connectivity index (χ4v) is 4.06. The molecule has 2 atom stereocenters. The Balaban J connectivity index is 1.37. The number of thioether (sulfide) groups is 1. The van der Waals surface area contributed by atoms with E-state index >= 15 is 0 Å². The van der Waals surface area contributed by atoms with Crippen LogP contribution < -0.4 is 5.32 Å². The molecule has 1 aliphatic heterocycles. The number of likely N-dealkylation sites (tertiary alicyclic amines) is 1. The number of hydrogen-bond donors (Lipinski definition) is 1. The summed E-state index contributed by atoms with van der Waals surface area (Å²) in [6, 6.07) is 10.0. The number of rotatable bonds is 7. The Labute approximate surface area is 151 Å². The van der Waals surface area contributed by atoms with Crippen molar-refractivity contribution in [3.8, 4) is 0 Å². The first-order valence-corrected chi connectivity index (χ1v) is 9.60. The third-order valence-electron chi connectivity index (χ3n) is 4.60. The molecule has 1 N–H and O–H groups in total. The number of benzene rings is 1. The number of amides is 3. The molecule has 3 rings (SSSR count). The van der Waals surface area contributed by atoms with E-state index < -0.39 is 0 Å². The summed E-state index contributed by atoms with van der Waals surface area (Å²) in [5.74, 6) is -0.0147. The van der Waals surface area contributed by atoms with Crippen LogP contribution in [0.4, 0.5) is 0 Å². The second-order valence-corrected chi connectivity index (χ2v) is 7.41. The van der Waals surface area contributed by atoms with Gasteiger partial charge in [-0.15, -0.1) is 11.8 Å². The van der Waals surface area contributed by atoms with Gasteiger partial charge in [-0.2, -0.15) is 0 Å². The molecule has 1 heterocycles. The number of fused-ring (bicyclic) bond motifs is 1. The van der Waals surface area contributed by atoms with Crippen molar-refractivity contribution >= 4 is 29.5 Å². The van der Waals surface area contributed by atoms with Gasteiger partial charge in [0.2, 0.25) is 17.7 Å². The predicted molar refractivity (Wildman–Crippen MR) is 96.9 cm³/mol. The molecule has 0 aromatic heterocycles. The number of nitrogens with zero attached hydrogens (tertiary/aromatic N) is 1. The van der Waals surface area contributed by atoms with Crippen molar-refractivity contribution in [1.29, 1.82) is 0 Å². The molecule has 1 aromatic rings. The number of hydrogen-bond acceptors (Lipinski definition) is 4. The van der Waals surface area contributed by atoms with E-state index in [9.17, 15) is 14.4 Å². The molecule has 2 aliphatic rings. The van der Waals surface area contributed by atoms with Crippen molar-refractivity contribution in [2.75, 3.05) is 18.8 Å². The van der Waals surface area contributed by atoms with Crippen LogP contribution in [0.5, 0.6) is 0 Å². The molecule has 1 aromatic carbocycles. The number of carbonyl (C=O) groups excluding carboxylic acids is 3. The lowest BCUT2D eigenvalue weighted by molar-refractivity contribution is -0.140. The topological polar surface area (TPSA) is 66.5 Å². The quantitative estimate of drug-likeness (QED) is 0.351. The summed E-state index contributed by atoms with van der Waals surface area (Å²) in [5, 5.41) is 2.85. The smallest absolute Gasteiger partial charge is 0.233 e. The average molecular weight is 358 g/mol. The summed E-state index contributed by atoms with van der Waals surface area (Å²) < 4.78 is 0. The second kappa shape index (κ2) is 8.34. The molecule has 0 spiro atoms. The maximum absolute atomic E-state index is 12.3. The number of nitrogens with one attached hydrogen (secondary N) is 1. The van der Waals surface area contributed by atoms with Gasteiger partial charge in [0.15, 0.2) is 0 Å². The van der Waals surface area contributed by atoms with E-state index in [1.54, 1.807) is 11.8 Å². The Morgan fingerprint density at radius 1 is 1.08 bits per heavy atom. The standard InChI is InChI=1S/C19H22N2O3S/c22-17(20-11-13-25-14-6-2-1-3-7-14)10-12-21-18(23)15-8-4-5-9-16(15)19(21)24/h1-7,15-16H,8-13H2,(H,20,22)/t15-,16+. The number of imide groups is 1. The average Bonchev–Trinajstić information content (AvgIpc) is 2.89. The minimum absolute atomic E-state index is 0.119. The molecule has 0 saturated carbocycles. The van der Waals surface area contributed by atoms with Gasteiger partial charge in [0.25, 0.3) is 0 Å². The molecule has 0 unspecified atom stereocenters. The Morgan fingerprint density at radius 3 is 2.36 bits per heavy atom. The Kier molecular flexibility index (Phi) is 5.91. The largest absolute Gasteiger partial charge is 0.355 e. The molecule has 5 nitrogen and oxygen atoms in total. The minimum atomic E-state index is -0.220. The van der Waals surface area contributed by atoms with Gasteiger partial charge in [-0.25, -0.2) is 0 Å². The second-order valence-electron chi connectivity index (χ2n) is 6.25. The first-order chi connectivity index (χ1) is 12.2. The fraction of sp³-hybridized carbons (Fsp3) is 0.421. The third kappa shape index (κ3) is 4.31. The highest BCUT2D eigenvalue weighted by Crippen LogP contribution is 2.34. The molecule has 132 valence electrons. The van der Waals surface area contributed by atoms with Gasteiger partial charge in [0, 0.05) is 30.2 Å². The van der Waals surface area contributed by atoms with Crippen LogP contribution >= 0.6 is 11.8 Å². The normalized spacial score (nSPS) is 22.2. The third-order valence-corrected chi connectivity index (χ3v) is 5.61. The van der Waals surface area contributed by atoms with E-state index in [0.717, 1.165) is 5.75 Å². The Morgan fingerprint density at radius 2 is 1.72 bits per heavy atom. The van der Waals surface area contributed by atoms with Crippen molar-refractivity contribution in [1.82, 2.24) is 10.2 Å². The van der Waals surface area contributed by atoms with Gasteiger partial charge in [0.1, 0.15) is 0 Å². The van der Waals surface area contributed by atoms with Crippen molar-refractivity contribution in [3.05, 3.63) is 42.5 Å². The van der Waals surface area contributed by atoms with Crippen molar-refractivity contribution < 1.29 is 14.4 Å². The molecule has 6 heteroatoms. The van der Waals surface area contributed by atoms with Crippen LogP contribution in [0.3, 0.4) is 0 Å². The number of carbonyl (C=O) groups is 3. The fourth-order valence-electron chi connectivity index (χ4n) is 3.27. The summed E-state index contributed by atoms with van der Waals surface area (Å²) in [6.07, 6.45) is 5.36. The maximum Gasteiger partial charge on any atom is 0.233 e. The summed E-state index contributed by atoms with van der Waals surface area (Å²) in [4.78, 5) is 39.0. The monoisotopic (exact) mass is 358 g/mol. The van der Waals surface area contributed by atoms with Crippen LogP contribution in [0, 0.1) is 11.8 Å². The molecule has 1 aliphatic carbocycles. The SMILES string of the molecule is O=C(CCN1C(=O)[C@H]2CC=CC[C@H]2C1=O)NCCSc1ccccc1. The van der Waals surface area contributed by atoms with Crippen LogP contribution in [0.2, 0.25) is 0 Å². The van der Waals surface area contributed by atoms with Gasteiger partial charge in [-0.1, -0.05) is 30.4 Å². The summed E-state index contributed by atoms with van der Waals surface area (Å²) in [7, 11) is 0. The number of allylic oxidation sites excluding steroid dienone is 2. The summed E-state index contributed by atoms with van der Waals surface area (Å²) in [6.45, 7) is 0.748. The van der Waals surface area contributed by atoms with Crippen molar-refractivity contribution in [2.24, 2.45) is 11.8 Å².